The van der Waals surface area contributed by atoms with Crippen molar-refractivity contribution in [2.45, 2.75) is 58.7 Å². The molecule has 2 fully saturated rings. The van der Waals surface area contributed by atoms with Gasteiger partial charge in [-0.2, -0.15) is 0 Å². The van der Waals surface area contributed by atoms with Gasteiger partial charge in [0.2, 0.25) is 5.91 Å². The Hall–Kier alpha value is -0.610. The van der Waals surface area contributed by atoms with Gasteiger partial charge in [-0.1, -0.05) is 0 Å². The number of carbonyl (C=O) groups excluding carboxylic acids is 1. The number of piperidine rings is 1. The van der Waals surface area contributed by atoms with Gasteiger partial charge in [0.05, 0.1) is 6.04 Å². The fourth-order valence-corrected chi connectivity index (χ4v) is 3.29. The topological polar surface area (TPSA) is 26.8 Å². The van der Waals surface area contributed by atoms with E-state index >= 15 is 0 Å². The lowest BCUT2D eigenvalue weighted by atomic mass is 9.93. The molecule has 2 saturated heterocycles. The number of likely N-dealkylation sites (N-methyl/N-ethyl adjacent to an activating group) is 1. The van der Waals surface area contributed by atoms with Crippen LogP contribution < -0.4 is 0 Å². The second kappa shape index (κ2) is 6.44. The third-order valence-corrected chi connectivity index (χ3v) is 5.13. The molecule has 2 rings (SSSR count). The highest BCUT2D eigenvalue weighted by molar-refractivity contribution is 5.79. The van der Waals surface area contributed by atoms with Crippen molar-refractivity contribution < 1.29 is 4.79 Å². The van der Waals surface area contributed by atoms with E-state index in [0.29, 0.717) is 24.0 Å². The van der Waals surface area contributed by atoms with Crippen molar-refractivity contribution in [1.29, 1.82) is 0 Å². The van der Waals surface area contributed by atoms with Crippen LogP contribution in [-0.2, 0) is 4.79 Å². The van der Waals surface area contributed by atoms with E-state index in [1.165, 1.54) is 0 Å². The Labute approximate surface area is 124 Å². The maximum Gasteiger partial charge on any atom is 0.225 e. The van der Waals surface area contributed by atoms with Crippen LogP contribution in [-0.4, -0.2) is 72.0 Å². The van der Waals surface area contributed by atoms with Crippen molar-refractivity contribution in [2.24, 2.45) is 5.92 Å². The largest absolute Gasteiger partial charge is 0.340 e. The molecule has 116 valence electrons. The minimum Gasteiger partial charge on any atom is -0.340 e. The summed E-state index contributed by atoms with van der Waals surface area (Å²) in [5, 5.41) is 0. The molecule has 2 aliphatic heterocycles. The quantitative estimate of drug-likeness (QED) is 0.784. The molecule has 20 heavy (non-hydrogen) atoms. The molecule has 4 heteroatoms. The van der Waals surface area contributed by atoms with Crippen LogP contribution in [0.25, 0.3) is 0 Å². The van der Waals surface area contributed by atoms with Crippen molar-refractivity contribution in [2.75, 3.05) is 33.2 Å². The van der Waals surface area contributed by atoms with Crippen LogP contribution in [0.3, 0.4) is 0 Å². The molecule has 1 amide bonds. The van der Waals surface area contributed by atoms with Crippen LogP contribution in [0.5, 0.6) is 0 Å². The lowest BCUT2D eigenvalue weighted by Gasteiger charge is -2.47. The normalized spacial score (nSPS) is 23.4. The molecule has 0 atom stereocenters. The van der Waals surface area contributed by atoms with Gasteiger partial charge in [0, 0.05) is 38.1 Å². The minimum absolute atomic E-state index is 0.253. The second-order valence-corrected chi connectivity index (χ2v) is 7.05. The number of rotatable bonds is 4. The van der Waals surface area contributed by atoms with Gasteiger partial charge >= 0.3 is 0 Å². The summed E-state index contributed by atoms with van der Waals surface area (Å²) in [5.74, 6) is 0.630. The van der Waals surface area contributed by atoms with Crippen LogP contribution in [0.2, 0.25) is 0 Å². The fourth-order valence-electron chi connectivity index (χ4n) is 3.29. The first-order valence-corrected chi connectivity index (χ1v) is 8.15. The van der Waals surface area contributed by atoms with E-state index in [-0.39, 0.29) is 5.92 Å². The molecule has 0 N–H and O–H groups in total. The van der Waals surface area contributed by atoms with Crippen LogP contribution in [0.1, 0.15) is 40.5 Å². The van der Waals surface area contributed by atoms with Gasteiger partial charge in [-0.25, -0.2) is 0 Å². The fraction of sp³-hybridized carbons (Fsp3) is 0.938. The molecule has 0 aliphatic carbocycles. The van der Waals surface area contributed by atoms with Gasteiger partial charge in [0.15, 0.2) is 0 Å². The summed E-state index contributed by atoms with van der Waals surface area (Å²) in [6.07, 6.45) is 2.06. The van der Waals surface area contributed by atoms with Gasteiger partial charge in [0.1, 0.15) is 0 Å². The molecular formula is C16H31N3O. The molecule has 0 aromatic carbocycles. The first-order valence-electron chi connectivity index (χ1n) is 8.15. The highest BCUT2D eigenvalue weighted by Crippen LogP contribution is 2.24. The summed E-state index contributed by atoms with van der Waals surface area (Å²) < 4.78 is 0. The summed E-state index contributed by atoms with van der Waals surface area (Å²) in [5.41, 5.74) is 0. The van der Waals surface area contributed by atoms with E-state index in [1.54, 1.807) is 0 Å². The van der Waals surface area contributed by atoms with Gasteiger partial charge in [-0.3, -0.25) is 9.69 Å². The Morgan fingerprint density at radius 3 is 1.95 bits per heavy atom. The van der Waals surface area contributed by atoms with Crippen LogP contribution in [0, 0.1) is 5.92 Å². The van der Waals surface area contributed by atoms with Crippen LogP contribution in [0.4, 0.5) is 0 Å². The SMILES string of the molecule is CC(C)N1CCC(C(=O)N(C)C2CN(C(C)C)C2)CC1. The first kappa shape index (κ1) is 15.8. The molecule has 0 saturated carbocycles. The predicted octanol–water partition coefficient (Wildman–Crippen LogP) is 1.66. The Bertz CT molecular complexity index is 325. The highest BCUT2D eigenvalue weighted by Gasteiger charge is 2.36. The zero-order valence-corrected chi connectivity index (χ0v) is 13.8. The van der Waals surface area contributed by atoms with E-state index < -0.39 is 0 Å². The number of hydrogen-bond acceptors (Lipinski definition) is 3. The standard InChI is InChI=1S/C16H31N3O/c1-12(2)18-8-6-14(7-9-18)16(20)17(5)15-10-19(11-15)13(3)4/h12-15H,6-11H2,1-5H3. The number of carbonyl (C=O) groups is 1. The number of hydrogen-bond donors (Lipinski definition) is 0. The Morgan fingerprint density at radius 2 is 1.50 bits per heavy atom. The van der Waals surface area contributed by atoms with Crippen LogP contribution in [0.15, 0.2) is 0 Å². The number of amides is 1. The second-order valence-electron chi connectivity index (χ2n) is 7.05. The molecule has 4 nitrogen and oxygen atoms in total. The molecular weight excluding hydrogens is 250 g/mol. The molecule has 2 heterocycles. The predicted molar refractivity (Wildman–Crippen MR) is 82.7 cm³/mol. The summed E-state index contributed by atoms with van der Waals surface area (Å²) in [6, 6.07) is 1.65. The maximum atomic E-state index is 12.6. The van der Waals surface area contributed by atoms with E-state index in [0.717, 1.165) is 39.0 Å². The average Bonchev–Trinajstić information content (AvgIpc) is 2.35. The molecule has 0 radical (unpaired) electrons. The van der Waals surface area contributed by atoms with Gasteiger partial charge < -0.3 is 9.80 Å². The first-order chi connectivity index (χ1) is 9.40. The summed E-state index contributed by atoms with van der Waals surface area (Å²) >= 11 is 0. The molecule has 2 aliphatic rings. The molecule has 0 bridgehead atoms. The zero-order chi connectivity index (χ0) is 14.9. The van der Waals surface area contributed by atoms with Crippen molar-refractivity contribution in [1.82, 2.24) is 14.7 Å². The number of likely N-dealkylation sites (tertiary alicyclic amines) is 2. The Morgan fingerprint density at radius 1 is 1.00 bits per heavy atom. The van der Waals surface area contributed by atoms with E-state index in [9.17, 15) is 4.79 Å². The zero-order valence-electron chi connectivity index (χ0n) is 13.8. The van der Waals surface area contributed by atoms with Crippen molar-refractivity contribution in [3.05, 3.63) is 0 Å². The molecule has 0 aromatic heterocycles. The summed E-state index contributed by atoms with van der Waals surface area (Å²) in [7, 11) is 2.00. The monoisotopic (exact) mass is 281 g/mol. The van der Waals surface area contributed by atoms with Crippen molar-refractivity contribution >= 4 is 5.91 Å². The third kappa shape index (κ3) is 3.34. The summed E-state index contributed by atoms with van der Waals surface area (Å²) in [4.78, 5) is 19.5. The average molecular weight is 281 g/mol. The van der Waals surface area contributed by atoms with Crippen molar-refractivity contribution in [3.8, 4) is 0 Å². The summed E-state index contributed by atoms with van der Waals surface area (Å²) in [6.45, 7) is 13.2. The van der Waals surface area contributed by atoms with Gasteiger partial charge in [-0.15, -0.1) is 0 Å². The smallest absolute Gasteiger partial charge is 0.225 e. The van der Waals surface area contributed by atoms with E-state index in [2.05, 4.69) is 37.5 Å². The Kier molecular flexibility index (Phi) is 5.08. The minimum atomic E-state index is 0.253. The Balaban J connectivity index is 1.78. The number of nitrogens with zero attached hydrogens (tertiary/aromatic N) is 3. The molecule has 0 aromatic rings. The molecule has 0 unspecified atom stereocenters. The highest BCUT2D eigenvalue weighted by atomic mass is 16.2. The van der Waals surface area contributed by atoms with Crippen LogP contribution >= 0.6 is 0 Å². The lowest BCUT2D eigenvalue weighted by Crippen LogP contribution is -2.62. The lowest BCUT2D eigenvalue weighted by molar-refractivity contribution is -0.141. The van der Waals surface area contributed by atoms with Crippen molar-refractivity contribution in [3.63, 3.8) is 0 Å². The van der Waals surface area contributed by atoms with E-state index in [4.69, 9.17) is 0 Å². The molecule has 0 spiro atoms. The van der Waals surface area contributed by atoms with Gasteiger partial charge in [-0.05, 0) is 53.6 Å². The third-order valence-electron chi connectivity index (χ3n) is 5.13. The van der Waals surface area contributed by atoms with Gasteiger partial charge in [0.25, 0.3) is 0 Å². The van der Waals surface area contributed by atoms with E-state index in [1.807, 2.05) is 11.9 Å². The maximum absolute atomic E-state index is 12.6.